The maximum absolute atomic E-state index is 13.2. The van der Waals surface area contributed by atoms with Gasteiger partial charge in [-0.25, -0.2) is 19.6 Å². The SMILES string of the molecule is CC(=O)CN1CCN(CC(C)=O)CCN(CC(=O)NCCCCn2nncc2CNC(=O)CC[C@H](NC(=O)c2ccc(NCc3cnc4nc(C)[nH]c(=O)c4n3)cc2)C(C)=O)CCN(CC(C)=O)CC1. The van der Waals surface area contributed by atoms with Crippen LogP contribution in [0.4, 0.5) is 5.69 Å². The van der Waals surface area contributed by atoms with Crippen molar-refractivity contribution in [3.8, 4) is 0 Å². The Labute approximate surface area is 406 Å². The van der Waals surface area contributed by atoms with Crippen LogP contribution in [0.3, 0.4) is 0 Å². The van der Waals surface area contributed by atoms with Crippen molar-refractivity contribution in [3.05, 3.63) is 69.8 Å². The first-order valence-electron chi connectivity index (χ1n) is 23.7. The molecule has 0 radical (unpaired) electrons. The predicted molar refractivity (Wildman–Crippen MR) is 260 cm³/mol. The van der Waals surface area contributed by atoms with Crippen LogP contribution < -0.4 is 26.8 Å². The molecule has 378 valence electrons. The second-order valence-corrected chi connectivity index (χ2v) is 17.8. The fourth-order valence-electron chi connectivity index (χ4n) is 7.89. The maximum atomic E-state index is 13.2. The molecule has 70 heavy (non-hydrogen) atoms. The number of benzene rings is 1. The van der Waals surface area contributed by atoms with E-state index in [0.29, 0.717) is 113 Å². The number of unbranched alkanes of at least 4 members (excludes halogenated alkanes) is 1. The molecule has 5 rings (SSSR count). The smallest absolute Gasteiger partial charge is 0.279 e. The highest BCUT2D eigenvalue weighted by molar-refractivity contribution is 5.98. The number of nitrogens with one attached hydrogen (secondary N) is 5. The van der Waals surface area contributed by atoms with E-state index in [4.69, 9.17) is 0 Å². The van der Waals surface area contributed by atoms with Crippen molar-refractivity contribution >= 4 is 57.7 Å². The van der Waals surface area contributed by atoms with E-state index in [2.05, 4.69) is 66.2 Å². The lowest BCUT2D eigenvalue weighted by Gasteiger charge is -2.33. The highest BCUT2D eigenvalue weighted by atomic mass is 16.2. The van der Waals surface area contributed by atoms with E-state index in [1.807, 2.05) is 4.90 Å². The lowest BCUT2D eigenvalue weighted by molar-refractivity contribution is -0.123. The largest absolute Gasteiger partial charge is 0.379 e. The third kappa shape index (κ3) is 18.7. The first kappa shape index (κ1) is 54.3. The number of hydrogen-bond donors (Lipinski definition) is 5. The van der Waals surface area contributed by atoms with Gasteiger partial charge in [0.2, 0.25) is 11.8 Å². The van der Waals surface area contributed by atoms with Crippen molar-refractivity contribution in [2.45, 2.75) is 86.0 Å². The van der Waals surface area contributed by atoms with Crippen molar-refractivity contribution in [2.75, 3.05) is 90.4 Å². The van der Waals surface area contributed by atoms with Crippen LogP contribution >= 0.6 is 0 Å². The van der Waals surface area contributed by atoms with Crippen LogP contribution in [-0.2, 0) is 48.4 Å². The summed E-state index contributed by atoms with van der Waals surface area (Å²) in [6.45, 7) is 14.7. The van der Waals surface area contributed by atoms with Crippen LogP contribution in [0.2, 0.25) is 0 Å². The molecule has 5 N–H and O–H groups in total. The molecule has 1 saturated heterocycles. The van der Waals surface area contributed by atoms with Gasteiger partial charge in [-0.15, -0.1) is 5.10 Å². The number of nitrogens with zero attached hydrogens (tertiary/aromatic N) is 10. The van der Waals surface area contributed by atoms with Crippen molar-refractivity contribution in [1.29, 1.82) is 0 Å². The van der Waals surface area contributed by atoms with Gasteiger partial charge in [-0.1, -0.05) is 5.21 Å². The van der Waals surface area contributed by atoms with E-state index in [9.17, 15) is 38.4 Å². The van der Waals surface area contributed by atoms with Crippen LogP contribution in [0.15, 0.2) is 41.5 Å². The molecule has 4 aromatic rings. The first-order valence-corrected chi connectivity index (χ1v) is 23.7. The highest BCUT2D eigenvalue weighted by Crippen LogP contribution is 2.13. The molecule has 0 spiro atoms. The minimum atomic E-state index is -0.882. The number of aryl methyl sites for hydroxylation is 2. The van der Waals surface area contributed by atoms with Gasteiger partial charge >= 0.3 is 0 Å². The number of anilines is 1. The zero-order valence-electron chi connectivity index (χ0n) is 40.9. The summed E-state index contributed by atoms with van der Waals surface area (Å²) in [5.74, 6) is -0.611. The number of amides is 3. The summed E-state index contributed by atoms with van der Waals surface area (Å²) in [7, 11) is 0. The molecule has 0 saturated carbocycles. The van der Waals surface area contributed by atoms with Crippen LogP contribution in [0.25, 0.3) is 11.2 Å². The Balaban J connectivity index is 1.01. The predicted octanol–water partition coefficient (Wildman–Crippen LogP) is -0.106. The molecule has 1 aliphatic rings. The fourth-order valence-corrected chi connectivity index (χ4v) is 7.89. The molecular formula is C47H67N15O8. The third-order valence-electron chi connectivity index (χ3n) is 11.6. The molecule has 1 fully saturated rings. The standard InChI is InChI=1S/C47H67N15O8/c1-32(63)28-58-16-18-59(29-33(2)64)20-22-61(23-21-60(19-17-58)30-34(3)65)31-43(68)48-14-6-7-15-62-40(27-52-57-62)26-50-42(67)13-12-41(35(4)66)56-46(69)37-8-10-38(11-9-37)49-24-39-25-51-45-44(55-39)47(70)54-36(5)53-45/h8-11,25,27,41,49H,6-7,12-24,26,28-31H2,1-5H3,(H,48,68)(H,50,67)(H,56,69)(H,51,53,54,70)/t41-/m0/s1. The third-order valence-corrected chi connectivity index (χ3v) is 11.6. The van der Waals surface area contributed by atoms with Crippen LogP contribution in [-0.4, -0.2) is 187 Å². The summed E-state index contributed by atoms with van der Waals surface area (Å²) in [4.78, 5) is 124. The van der Waals surface area contributed by atoms with Crippen LogP contribution in [0, 0.1) is 6.92 Å². The molecule has 23 heteroatoms. The zero-order chi connectivity index (χ0) is 50.6. The van der Waals surface area contributed by atoms with Crippen molar-refractivity contribution in [1.82, 2.24) is 70.5 Å². The van der Waals surface area contributed by atoms with E-state index in [1.165, 1.54) is 13.1 Å². The van der Waals surface area contributed by atoms with Gasteiger partial charge in [0.15, 0.2) is 16.9 Å². The number of H-pyrrole nitrogens is 1. The Morgan fingerprint density at radius 2 is 1.29 bits per heavy atom. The molecule has 0 unspecified atom stereocenters. The molecule has 4 heterocycles. The van der Waals surface area contributed by atoms with Gasteiger partial charge in [-0.05, 0) is 78.1 Å². The lowest BCUT2D eigenvalue weighted by atomic mass is 10.1. The van der Waals surface area contributed by atoms with E-state index in [0.717, 1.165) is 0 Å². The average Bonchev–Trinajstić information content (AvgIpc) is 3.76. The Bertz CT molecular complexity index is 2460. The van der Waals surface area contributed by atoms with Gasteiger partial charge < -0.3 is 26.3 Å². The zero-order valence-corrected chi connectivity index (χ0v) is 40.9. The number of ketones is 4. The van der Waals surface area contributed by atoms with Crippen molar-refractivity contribution in [3.63, 3.8) is 0 Å². The number of carbonyl (C=O) groups excluding carboxylic acids is 7. The molecule has 1 atom stereocenters. The normalized spacial score (nSPS) is 15.0. The quantitative estimate of drug-likeness (QED) is 0.0573. The second kappa shape index (κ2) is 27.5. The summed E-state index contributed by atoms with van der Waals surface area (Å²) in [6, 6.07) is 5.73. The Kier molecular flexibility index (Phi) is 21.3. The second-order valence-electron chi connectivity index (χ2n) is 17.8. The summed E-state index contributed by atoms with van der Waals surface area (Å²) < 4.78 is 1.69. The van der Waals surface area contributed by atoms with Crippen molar-refractivity contribution in [2.24, 2.45) is 0 Å². The molecule has 1 aromatic carbocycles. The van der Waals surface area contributed by atoms with E-state index >= 15 is 0 Å². The molecule has 1 aliphatic heterocycles. The minimum Gasteiger partial charge on any atom is -0.379 e. The van der Waals surface area contributed by atoms with Gasteiger partial charge in [0.05, 0.1) is 69.1 Å². The minimum absolute atomic E-state index is 0.0143. The summed E-state index contributed by atoms with van der Waals surface area (Å²) in [5.41, 5.74) is 2.24. The number of rotatable bonds is 24. The van der Waals surface area contributed by atoms with Gasteiger partial charge in [-0.3, -0.25) is 58.0 Å². The van der Waals surface area contributed by atoms with Crippen LogP contribution in [0.1, 0.15) is 80.9 Å². The summed E-state index contributed by atoms with van der Waals surface area (Å²) in [5, 5.41) is 19.9. The van der Waals surface area contributed by atoms with Crippen LogP contribution in [0.5, 0.6) is 0 Å². The Morgan fingerprint density at radius 1 is 0.700 bits per heavy atom. The summed E-state index contributed by atoms with van der Waals surface area (Å²) >= 11 is 0. The van der Waals surface area contributed by atoms with Crippen molar-refractivity contribution < 1.29 is 33.6 Å². The fraction of sp³-hybridized carbons (Fsp3) is 0.553. The lowest BCUT2D eigenvalue weighted by Crippen LogP contribution is -2.49. The molecular weight excluding hydrogens is 903 g/mol. The molecule has 23 nitrogen and oxygen atoms in total. The van der Waals surface area contributed by atoms with E-state index in [1.54, 1.807) is 62.8 Å². The average molecular weight is 970 g/mol. The highest BCUT2D eigenvalue weighted by Gasteiger charge is 2.22. The number of fused-ring (bicyclic) bond motifs is 1. The summed E-state index contributed by atoms with van der Waals surface area (Å²) in [6.07, 6.45) is 4.52. The Morgan fingerprint density at radius 3 is 1.86 bits per heavy atom. The molecule has 3 amide bonds. The first-order chi connectivity index (χ1) is 33.5. The van der Waals surface area contributed by atoms with Gasteiger partial charge in [0.1, 0.15) is 23.2 Å². The number of carbonyl (C=O) groups is 7. The number of aromatic amines is 1. The molecule has 0 aliphatic carbocycles. The topological polar surface area (TPSA) is 283 Å². The Hall–Kier alpha value is -6.69. The monoisotopic (exact) mass is 970 g/mol. The van der Waals surface area contributed by atoms with Gasteiger partial charge in [0, 0.05) is 83.1 Å². The van der Waals surface area contributed by atoms with Gasteiger partial charge in [0.25, 0.3) is 11.5 Å². The number of Topliss-reactive ketones (excluding diaryl/α,β-unsaturated/α-hetero) is 4. The number of aromatic nitrogens is 7. The number of hydrogen-bond acceptors (Lipinski definition) is 18. The van der Waals surface area contributed by atoms with E-state index < -0.39 is 11.9 Å². The molecule has 3 aromatic heterocycles. The van der Waals surface area contributed by atoms with Gasteiger partial charge in [-0.2, -0.15) is 0 Å². The van der Waals surface area contributed by atoms with E-state index in [-0.39, 0.29) is 97.2 Å². The maximum Gasteiger partial charge on any atom is 0.279 e. The molecule has 0 bridgehead atoms.